The first-order chi connectivity index (χ1) is 15.8. The van der Waals surface area contributed by atoms with E-state index in [9.17, 15) is 18.0 Å². The molecule has 1 aromatic heterocycles. The molecule has 2 heterocycles. The molecule has 1 aliphatic heterocycles. The summed E-state index contributed by atoms with van der Waals surface area (Å²) in [6, 6.07) is 11.0. The van der Waals surface area contributed by atoms with Gasteiger partial charge in [0.05, 0.1) is 38.1 Å². The van der Waals surface area contributed by atoms with Crippen molar-refractivity contribution in [1.82, 2.24) is 4.98 Å². The van der Waals surface area contributed by atoms with E-state index in [2.05, 4.69) is 9.71 Å². The van der Waals surface area contributed by atoms with Gasteiger partial charge in [-0.05, 0) is 60.7 Å². The van der Waals surface area contributed by atoms with Gasteiger partial charge in [0.15, 0.2) is 0 Å². The highest BCUT2D eigenvalue weighted by atomic mass is 35.5. The van der Waals surface area contributed by atoms with Crippen molar-refractivity contribution >= 4 is 44.8 Å². The number of aromatic nitrogens is 1. The van der Waals surface area contributed by atoms with Crippen LogP contribution in [0.4, 0.5) is 11.4 Å². The minimum atomic E-state index is -4.04. The van der Waals surface area contributed by atoms with Crippen molar-refractivity contribution < 1.29 is 18.0 Å². The molecule has 4 rings (SSSR count). The van der Waals surface area contributed by atoms with E-state index in [1.807, 2.05) is 20.8 Å². The van der Waals surface area contributed by atoms with Crippen molar-refractivity contribution in [3.63, 3.8) is 0 Å². The van der Waals surface area contributed by atoms with E-state index in [0.717, 1.165) is 16.0 Å². The van der Waals surface area contributed by atoms with Crippen molar-refractivity contribution in [2.45, 2.75) is 44.9 Å². The summed E-state index contributed by atoms with van der Waals surface area (Å²) in [4.78, 5) is 31.9. The van der Waals surface area contributed by atoms with Gasteiger partial charge in [0.25, 0.3) is 21.8 Å². The number of hydrogen-bond acceptors (Lipinski definition) is 5. The monoisotopic (exact) mass is 497 g/mol. The molecule has 34 heavy (non-hydrogen) atoms. The number of sulfonamides is 1. The Bertz CT molecular complexity index is 1440. The van der Waals surface area contributed by atoms with Gasteiger partial charge in [-0.3, -0.25) is 19.3 Å². The number of anilines is 2. The largest absolute Gasteiger partial charge is 0.279 e. The Morgan fingerprint density at radius 3 is 2.18 bits per heavy atom. The first-order valence-electron chi connectivity index (χ1n) is 10.6. The number of fused-ring (bicyclic) bond motifs is 1. The van der Waals surface area contributed by atoms with Crippen LogP contribution in [-0.4, -0.2) is 25.2 Å². The molecule has 7 nitrogen and oxygen atoms in total. The fourth-order valence-electron chi connectivity index (χ4n) is 3.81. The van der Waals surface area contributed by atoms with E-state index in [0.29, 0.717) is 11.4 Å². The van der Waals surface area contributed by atoms with Gasteiger partial charge < -0.3 is 0 Å². The molecule has 0 aliphatic carbocycles. The van der Waals surface area contributed by atoms with Crippen LogP contribution in [0.2, 0.25) is 5.02 Å². The summed E-state index contributed by atoms with van der Waals surface area (Å²) in [6.45, 7) is 9.58. The summed E-state index contributed by atoms with van der Waals surface area (Å²) in [5, 5.41) is 0.0617. The van der Waals surface area contributed by atoms with Gasteiger partial charge in [0, 0.05) is 6.20 Å². The summed E-state index contributed by atoms with van der Waals surface area (Å²) < 4.78 is 28.7. The van der Waals surface area contributed by atoms with Crippen LogP contribution in [-0.2, 0) is 15.4 Å². The number of rotatable bonds is 4. The maximum Gasteiger partial charge on any atom is 0.268 e. The molecule has 0 fully saturated rings. The van der Waals surface area contributed by atoms with Gasteiger partial charge in [-0.25, -0.2) is 13.3 Å². The summed E-state index contributed by atoms with van der Waals surface area (Å²) in [5.74, 6) is -1.30. The van der Waals surface area contributed by atoms with Crippen LogP contribution in [0.3, 0.4) is 0 Å². The minimum Gasteiger partial charge on any atom is -0.279 e. The molecule has 0 radical (unpaired) electrons. The Hall–Kier alpha value is -3.23. The molecular weight excluding hydrogens is 474 g/mol. The average Bonchev–Trinajstić information content (AvgIpc) is 3.02. The smallest absolute Gasteiger partial charge is 0.268 e. The molecule has 0 atom stereocenters. The van der Waals surface area contributed by atoms with Crippen LogP contribution in [0, 0.1) is 13.8 Å². The lowest BCUT2D eigenvalue weighted by molar-refractivity contribution is 0.0926. The maximum atomic E-state index is 13.4. The zero-order valence-electron chi connectivity index (χ0n) is 19.4. The summed E-state index contributed by atoms with van der Waals surface area (Å²) in [6.07, 6.45) is 1.63. The average molecular weight is 498 g/mol. The number of pyridine rings is 1. The van der Waals surface area contributed by atoms with Crippen LogP contribution >= 0.6 is 11.6 Å². The molecule has 1 aliphatic rings. The Kier molecular flexibility index (Phi) is 5.78. The van der Waals surface area contributed by atoms with Gasteiger partial charge in [-0.1, -0.05) is 44.5 Å². The SMILES string of the molecule is Cc1cnc(C)c(N2C(=O)c3c(Cl)ccc(NS(=O)(=O)c4ccc(C(C)(C)C)cc4)c3C2=O)c1. The fourth-order valence-corrected chi connectivity index (χ4v) is 5.12. The number of imide groups is 1. The first kappa shape index (κ1) is 23.9. The first-order valence-corrected chi connectivity index (χ1v) is 12.5. The van der Waals surface area contributed by atoms with Crippen molar-refractivity contribution in [2.75, 3.05) is 9.62 Å². The summed E-state index contributed by atoms with van der Waals surface area (Å²) >= 11 is 6.28. The fraction of sp³-hybridized carbons (Fsp3) is 0.240. The lowest BCUT2D eigenvalue weighted by atomic mass is 9.87. The third kappa shape index (κ3) is 4.08. The number of nitrogens with zero attached hydrogens (tertiary/aromatic N) is 2. The molecule has 3 aromatic rings. The number of carbonyl (C=O) groups excluding carboxylic acids is 2. The Balaban J connectivity index is 1.76. The van der Waals surface area contributed by atoms with Crippen LogP contribution in [0.5, 0.6) is 0 Å². The number of halogens is 1. The van der Waals surface area contributed by atoms with Crippen molar-refractivity contribution in [2.24, 2.45) is 0 Å². The van der Waals surface area contributed by atoms with Crippen LogP contribution in [0.25, 0.3) is 0 Å². The standard InChI is InChI=1S/C25H24ClN3O4S/c1-14-12-20(15(2)27-13-14)29-23(30)21-18(26)10-11-19(22(21)24(29)31)28-34(32,33)17-8-6-16(7-9-17)25(3,4)5/h6-13,28H,1-5H3. The Morgan fingerprint density at radius 1 is 0.941 bits per heavy atom. The molecule has 2 amide bonds. The highest BCUT2D eigenvalue weighted by Crippen LogP contribution is 2.38. The predicted molar refractivity (Wildman–Crippen MR) is 132 cm³/mol. The van der Waals surface area contributed by atoms with Gasteiger partial charge in [-0.15, -0.1) is 0 Å². The zero-order chi connectivity index (χ0) is 25.0. The highest BCUT2D eigenvalue weighted by molar-refractivity contribution is 7.92. The van der Waals surface area contributed by atoms with Gasteiger partial charge in [-0.2, -0.15) is 0 Å². The second-order valence-electron chi connectivity index (χ2n) is 9.29. The number of hydrogen-bond donors (Lipinski definition) is 1. The van der Waals surface area contributed by atoms with E-state index < -0.39 is 21.8 Å². The number of nitrogens with one attached hydrogen (secondary N) is 1. The Morgan fingerprint density at radius 2 is 1.56 bits per heavy atom. The number of benzene rings is 2. The molecule has 1 N–H and O–H groups in total. The van der Waals surface area contributed by atoms with Crippen LogP contribution < -0.4 is 9.62 Å². The molecule has 0 spiro atoms. The summed E-state index contributed by atoms with van der Waals surface area (Å²) in [7, 11) is -4.04. The normalized spacial score (nSPS) is 13.9. The molecule has 0 bridgehead atoms. The van der Waals surface area contributed by atoms with Crippen LogP contribution in [0.15, 0.2) is 53.6 Å². The van der Waals surface area contributed by atoms with Crippen molar-refractivity contribution in [1.29, 1.82) is 0 Å². The van der Waals surface area contributed by atoms with E-state index in [4.69, 9.17) is 11.6 Å². The third-order valence-electron chi connectivity index (χ3n) is 5.70. The number of aryl methyl sites for hydroxylation is 2. The van der Waals surface area contributed by atoms with Crippen LogP contribution in [0.1, 0.15) is 58.3 Å². The molecule has 0 saturated carbocycles. The zero-order valence-corrected chi connectivity index (χ0v) is 21.0. The second-order valence-corrected chi connectivity index (χ2v) is 11.4. The lowest BCUT2D eigenvalue weighted by Crippen LogP contribution is -2.30. The van der Waals surface area contributed by atoms with Crippen molar-refractivity contribution in [3.05, 3.63) is 81.6 Å². The van der Waals surface area contributed by atoms with Gasteiger partial charge in [0.2, 0.25) is 0 Å². The highest BCUT2D eigenvalue weighted by Gasteiger charge is 2.42. The molecule has 9 heteroatoms. The molecule has 176 valence electrons. The minimum absolute atomic E-state index is 0.0154. The third-order valence-corrected chi connectivity index (χ3v) is 7.40. The number of carbonyl (C=O) groups is 2. The lowest BCUT2D eigenvalue weighted by Gasteiger charge is -2.19. The van der Waals surface area contributed by atoms with E-state index in [-0.39, 0.29) is 32.1 Å². The molecular formula is C25H24ClN3O4S. The topological polar surface area (TPSA) is 96.4 Å². The van der Waals surface area contributed by atoms with Gasteiger partial charge >= 0.3 is 0 Å². The van der Waals surface area contributed by atoms with E-state index in [1.54, 1.807) is 38.2 Å². The second kappa shape index (κ2) is 8.21. The quantitative estimate of drug-likeness (QED) is 0.496. The molecule has 0 saturated heterocycles. The predicted octanol–water partition coefficient (Wildman–Crippen LogP) is 5.25. The molecule has 0 unspecified atom stereocenters. The number of amides is 2. The van der Waals surface area contributed by atoms with Gasteiger partial charge in [0.1, 0.15) is 0 Å². The van der Waals surface area contributed by atoms with Crippen molar-refractivity contribution in [3.8, 4) is 0 Å². The van der Waals surface area contributed by atoms with E-state index >= 15 is 0 Å². The maximum absolute atomic E-state index is 13.4. The Labute approximate surface area is 203 Å². The molecule has 2 aromatic carbocycles. The van der Waals surface area contributed by atoms with E-state index in [1.165, 1.54) is 24.3 Å². The summed E-state index contributed by atoms with van der Waals surface area (Å²) in [5.41, 5.74) is 2.28.